The molecule has 2 aromatic heterocycles. The zero-order valence-corrected chi connectivity index (χ0v) is 19.4. The summed E-state index contributed by atoms with van der Waals surface area (Å²) in [6, 6.07) is 14.2. The van der Waals surface area contributed by atoms with E-state index in [9.17, 15) is 4.21 Å². The molecule has 31 heavy (non-hydrogen) atoms. The highest BCUT2D eigenvalue weighted by Crippen LogP contribution is 2.29. The van der Waals surface area contributed by atoms with Crippen LogP contribution >= 0.6 is 11.6 Å². The highest BCUT2D eigenvalue weighted by molar-refractivity contribution is 7.85. The molecule has 0 aliphatic carbocycles. The van der Waals surface area contributed by atoms with Crippen LogP contribution in [0.4, 0.5) is 0 Å². The average molecular weight is 456 g/mol. The highest BCUT2D eigenvalue weighted by Gasteiger charge is 2.13. The number of H-pyrrole nitrogens is 1. The molecular weight excluding hydrogens is 430 g/mol. The van der Waals surface area contributed by atoms with Gasteiger partial charge in [-0.1, -0.05) is 35.0 Å². The Bertz CT molecular complexity index is 1170. The summed E-state index contributed by atoms with van der Waals surface area (Å²) in [7, 11) is -0.423. The maximum absolute atomic E-state index is 10.4. The first-order chi connectivity index (χ1) is 15.0. The second-order valence-corrected chi connectivity index (χ2v) is 9.93. The third-order valence-electron chi connectivity index (χ3n) is 5.41. The first kappa shape index (κ1) is 21.8. The van der Waals surface area contributed by atoms with Gasteiger partial charge in [-0.25, -0.2) is 4.98 Å². The van der Waals surface area contributed by atoms with Gasteiger partial charge in [0.05, 0.1) is 16.7 Å². The normalized spacial score (nSPS) is 14.0. The number of benzene rings is 2. The molecule has 7 heteroatoms. The van der Waals surface area contributed by atoms with Crippen molar-refractivity contribution in [2.75, 3.05) is 11.5 Å². The van der Waals surface area contributed by atoms with Crippen LogP contribution in [0, 0.1) is 13.8 Å². The second kappa shape index (κ2) is 9.79. The molecule has 1 fully saturated rings. The van der Waals surface area contributed by atoms with Crippen molar-refractivity contribution in [3.8, 4) is 11.1 Å². The van der Waals surface area contributed by atoms with Crippen molar-refractivity contribution >= 4 is 33.4 Å². The van der Waals surface area contributed by atoms with Crippen LogP contribution in [0.15, 0.2) is 47.0 Å². The molecule has 0 spiro atoms. The molecule has 1 saturated heterocycles. The van der Waals surface area contributed by atoms with Crippen LogP contribution in [0.5, 0.6) is 0 Å². The number of halogens is 1. The van der Waals surface area contributed by atoms with Gasteiger partial charge in [0, 0.05) is 39.3 Å². The van der Waals surface area contributed by atoms with Gasteiger partial charge in [0.1, 0.15) is 11.6 Å². The minimum atomic E-state index is -0.423. The molecule has 1 aliphatic heterocycles. The third kappa shape index (κ3) is 5.43. The maximum Gasteiger partial charge on any atom is 0.141 e. The lowest BCUT2D eigenvalue weighted by atomic mass is 10.0. The Morgan fingerprint density at radius 3 is 2.42 bits per heavy atom. The Labute approximate surface area is 189 Å². The summed E-state index contributed by atoms with van der Waals surface area (Å²) < 4.78 is 15.6. The van der Waals surface area contributed by atoms with Gasteiger partial charge < -0.3 is 9.51 Å². The Hall–Kier alpha value is -2.44. The average Bonchev–Trinajstić information content (AvgIpc) is 3.48. The largest absolute Gasteiger partial charge is 0.361 e. The number of nitrogens with zero attached hydrogens (tertiary/aromatic N) is 2. The first-order valence-electron chi connectivity index (χ1n) is 10.5. The van der Waals surface area contributed by atoms with Crippen molar-refractivity contribution in [2.45, 2.75) is 39.5 Å². The van der Waals surface area contributed by atoms with Gasteiger partial charge in [0.25, 0.3) is 0 Å². The summed E-state index contributed by atoms with van der Waals surface area (Å²) in [5.74, 6) is 3.74. The third-order valence-corrected chi connectivity index (χ3v) is 7.15. The van der Waals surface area contributed by atoms with Gasteiger partial charge >= 0.3 is 0 Å². The number of rotatable bonds is 4. The van der Waals surface area contributed by atoms with Crippen LogP contribution in [-0.4, -0.2) is 30.8 Å². The van der Waals surface area contributed by atoms with E-state index in [2.05, 4.69) is 34.4 Å². The van der Waals surface area contributed by atoms with E-state index in [-0.39, 0.29) is 0 Å². The zero-order valence-electron chi connectivity index (χ0n) is 17.8. The topological polar surface area (TPSA) is 71.8 Å². The van der Waals surface area contributed by atoms with Crippen LogP contribution in [0.25, 0.3) is 22.2 Å². The number of hydrogen-bond acceptors (Lipinski definition) is 4. The predicted octanol–water partition coefficient (Wildman–Crippen LogP) is 5.80. The Morgan fingerprint density at radius 1 is 1.06 bits per heavy atom. The molecule has 2 aromatic carbocycles. The molecule has 0 amide bonds. The van der Waals surface area contributed by atoms with Gasteiger partial charge in [-0.05, 0) is 68.5 Å². The number of aryl methyl sites for hydroxylation is 4. The van der Waals surface area contributed by atoms with Crippen LogP contribution < -0.4 is 0 Å². The van der Waals surface area contributed by atoms with Crippen LogP contribution in [-0.2, 0) is 23.6 Å². The smallest absolute Gasteiger partial charge is 0.141 e. The summed E-state index contributed by atoms with van der Waals surface area (Å²) in [5.41, 5.74) is 6.31. The molecule has 0 bridgehead atoms. The molecule has 0 atom stereocenters. The molecule has 5 rings (SSSR count). The predicted molar refractivity (Wildman–Crippen MR) is 127 cm³/mol. The summed E-state index contributed by atoms with van der Waals surface area (Å²) in [4.78, 5) is 8.12. The first-order valence-corrected chi connectivity index (χ1v) is 12.4. The fourth-order valence-electron chi connectivity index (χ4n) is 3.77. The molecule has 3 heterocycles. The number of nitrogens with one attached hydrogen (secondary N) is 1. The summed E-state index contributed by atoms with van der Waals surface area (Å²) in [5, 5.41) is 4.80. The van der Waals surface area contributed by atoms with E-state index in [1.165, 1.54) is 18.4 Å². The minimum absolute atomic E-state index is 0.423. The maximum atomic E-state index is 10.4. The fraction of sp³-hybridized carbons (Fsp3) is 0.333. The second-order valence-electron chi connectivity index (χ2n) is 7.80. The monoisotopic (exact) mass is 455 g/mol. The molecular formula is C24H26ClN3O2S. The Morgan fingerprint density at radius 2 is 1.81 bits per heavy atom. The van der Waals surface area contributed by atoms with Crippen molar-refractivity contribution in [1.82, 2.24) is 15.1 Å². The zero-order chi connectivity index (χ0) is 21.8. The number of imidazole rings is 1. The van der Waals surface area contributed by atoms with E-state index in [1.54, 1.807) is 0 Å². The summed E-state index contributed by atoms with van der Waals surface area (Å²) >= 11 is 5.93. The van der Waals surface area contributed by atoms with Crippen molar-refractivity contribution in [1.29, 1.82) is 0 Å². The summed E-state index contributed by atoms with van der Waals surface area (Å²) in [6.07, 6.45) is 4.16. The van der Waals surface area contributed by atoms with Gasteiger partial charge in [0.2, 0.25) is 0 Å². The lowest BCUT2D eigenvalue weighted by Crippen LogP contribution is -1.93. The van der Waals surface area contributed by atoms with Crippen LogP contribution in [0.2, 0.25) is 5.02 Å². The summed E-state index contributed by atoms with van der Waals surface area (Å²) in [6.45, 7) is 3.89. The van der Waals surface area contributed by atoms with Gasteiger partial charge in [-0.3, -0.25) is 4.21 Å². The fourth-order valence-corrected chi connectivity index (χ4v) is 5.16. The van der Waals surface area contributed by atoms with E-state index >= 15 is 0 Å². The lowest BCUT2D eigenvalue weighted by molar-refractivity contribution is 0.393. The van der Waals surface area contributed by atoms with Gasteiger partial charge in [-0.15, -0.1) is 0 Å². The van der Waals surface area contributed by atoms with E-state index in [0.29, 0.717) is 0 Å². The SMILES string of the molecule is Cc1noc(C)c1-c1ccc2nc(CCc3ccc(Cl)cc3)[nH]c2c1.O=S1CCCC1. The quantitative estimate of drug-likeness (QED) is 0.422. The Balaban J connectivity index is 0.000000334. The van der Waals surface area contributed by atoms with Crippen LogP contribution in [0.1, 0.15) is 35.7 Å². The highest BCUT2D eigenvalue weighted by atomic mass is 35.5. The molecule has 1 aliphatic rings. The lowest BCUT2D eigenvalue weighted by Gasteiger charge is -2.00. The van der Waals surface area contributed by atoms with Gasteiger partial charge in [-0.2, -0.15) is 0 Å². The van der Waals surface area contributed by atoms with Crippen molar-refractivity contribution in [3.63, 3.8) is 0 Å². The number of aromatic amines is 1. The Kier molecular flexibility index (Phi) is 6.88. The van der Waals surface area contributed by atoms with E-state index in [4.69, 9.17) is 21.1 Å². The number of hydrogen-bond donors (Lipinski definition) is 1. The molecule has 162 valence electrons. The van der Waals surface area contributed by atoms with E-state index < -0.39 is 10.8 Å². The number of fused-ring (bicyclic) bond motifs is 1. The van der Waals surface area contributed by atoms with Crippen molar-refractivity contribution in [3.05, 3.63) is 70.3 Å². The molecule has 0 saturated carbocycles. The molecule has 5 nitrogen and oxygen atoms in total. The minimum Gasteiger partial charge on any atom is -0.361 e. The molecule has 0 radical (unpaired) electrons. The van der Waals surface area contributed by atoms with E-state index in [1.807, 2.05) is 32.0 Å². The number of aromatic nitrogens is 3. The molecule has 1 N–H and O–H groups in total. The standard InChI is InChI=1S/C20H18ClN3O.C4H8OS/c1-12-20(13(2)25-24-12)15-6-9-17-18(11-15)23-19(22-17)10-5-14-3-7-16(21)8-4-14;5-6-3-1-2-4-6/h3-4,6-9,11H,5,10H2,1-2H3,(H,22,23);1-4H2. The van der Waals surface area contributed by atoms with Crippen LogP contribution in [0.3, 0.4) is 0 Å². The van der Waals surface area contributed by atoms with Crippen molar-refractivity contribution < 1.29 is 8.73 Å². The molecule has 0 unspecified atom stereocenters. The van der Waals surface area contributed by atoms with E-state index in [0.717, 1.165) is 68.8 Å². The van der Waals surface area contributed by atoms with Crippen molar-refractivity contribution in [2.24, 2.45) is 0 Å². The van der Waals surface area contributed by atoms with Gasteiger partial charge in [0.15, 0.2) is 0 Å². The molecule has 4 aromatic rings.